The molecule has 78 valence electrons. The van der Waals surface area contributed by atoms with Crippen LogP contribution in [0.1, 0.15) is 0 Å². The summed E-state index contributed by atoms with van der Waals surface area (Å²) in [6.07, 6.45) is 3.54. The van der Waals surface area contributed by atoms with Gasteiger partial charge in [-0.15, -0.1) is 0 Å². The largest absolute Gasteiger partial charge is 0.337 e. The summed E-state index contributed by atoms with van der Waals surface area (Å²) < 4.78 is 1.20. The molecule has 0 spiro atoms. The van der Waals surface area contributed by atoms with Crippen molar-refractivity contribution in [2.45, 2.75) is 0 Å². The van der Waals surface area contributed by atoms with Gasteiger partial charge in [-0.1, -0.05) is 12.1 Å². The molecule has 0 amide bonds. The first-order valence-corrected chi connectivity index (χ1v) is 5.96. The van der Waals surface area contributed by atoms with Gasteiger partial charge in [-0.05, 0) is 40.8 Å². The summed E-state index contributed by atoms with van der Waals surface area (Å²) in [6.45, 7) is 0. The second-order valence-corrected chi connectivity index (χ2v) is 4.73. The molecule has 1 N–H and O–H groups in total. The Labute approximate surface area is 106 Å². The minimum Gasteiger partial charge on any atom is -0.337 e. The topological polar surface area (TPSA) is 41.6 Å². The smallest absolute Gasteiger partial charge is 0.138 e. The van der Waals surface area contributed by atoms with Gasteiger partial charge in [0.25, 0.3) is 0 Å². The van der Waals surface area contributed by atoms with Gasteiger partial charge in [0.1, 0.15) is 5.82 Å². The number of H-pyrrole nitrogens is 1. The van der Waals surface area contributed by atoms with Crippen LogP contribution in [0.2, 0.25) is 0 Å². The SMILES string of the molecule is Ic1cccc(-c2nc3ccncc3[nH]2)c1. The minimum atomic E-state index is 0.890. The Kier molecular flexibility index (Phi) is 2.36. The number of hydrogen-bond acceptors (Lipinski definition) is 2. The average Bonchev–Trinajstić information content (AvgIpc) is 2.72. The second-order valence-electron chi connectivity index (χ2n) is 3.49. The number of aromatic nitrogens is 3. The molecular weight excluding hydrogens is 313 g/mol. The third-order valence-electron chi connectivity index (χ3n) is 2.38. The first kappa shape index (κ1) is 9.77. The van der Waals surface area contributed by atoms with Crippen molar-refractivity contribution in [2.24, 2.45) is 0 Å². The van der Waals surface area contributed by atoms with Gasteiger partial charge in [0.05, 0.1) is 17.2 Å². The molecule has 0 radical (unpaired) electrons. The summed E-state index contributed by atoms with van der Waals surface area (Å²) in [7, 11) is 0. The van der Waals surface area contributed by atoms with Crippen LogP contribution in [-0.4, -0.2) is 15.0 Å². The molecule has 0 fully saturated rings. The number of fused-ring (bicyclic) bond motifs is 1. The Balaban J connectivity index is 2.19. The molecule has 2 aromatic heterocycles. The lowest BCUT2D eigenvalue weighted by atomic mass is 10.2. The van der Waals surface area contributed by atoms with Crippen LogP contribution in [-0.2, 0) is 0 Å². The van der Waals surface area contributed by atoms with Crippen LogP contribution in [0.4, 0.5) is 0 Å². The monoisotopic (exact) mass is 321 g/mol. The van der Waals surface area contributed by atoms with Crippen LogP contribution < -0.4 is 0 Å². The van der Waals surface area contributed by atoms with E-state index in [0.717, 1.165) is 22.4 Å². The van der Waals surface area contributed by atoms with E-state index in [0.29, 0.717) is 0 Å². The number of aromatic amines is 1. The molecule has 2 heterocycles. The van der Waals surface area contributed by atoms with E-state index in [2.05, 4.69) is 49.7 Å². The van der Waals surface area contributed by atoms with Gasteiger partial charge in [-0.2, -0.15) is 0 Å². The number of halogens is 1. The lowest BCUT2D eigenvalue weighted by molar-refractivity contribution is 1.32. The molecule has 16 heavy (non-hydrogen) atoms. The molecule has 3 rings (SSSR count). The normalized spacial score (nSPS) is 10.8. The molecule has 0 aliphatic heterocycles. The van der Waals surface area contributed by atoms with Crippen LogP contribution in [0.5, 0.6) is 0 Å². The van der Waals surface area contributed by atoms with E-state index in [1.54, 1.807) is 12.4 Å². The number of nitrogens with one attached hydrogen (secondary N) is 1. The van der Waals surface area contributed by atoms with E-state index in [1.807, 2.05) is 18.2 Å². The highest BCUT2D eigenvalue weighted by molar-refractivity contribution is 14.1. The molecule has 0 aliphatic carbocycles. The summed E-state index contributed by atoms with van der Waals surface area (Å²) in [4.78, 5) is 11.9. The maximum atomic E-state index is 4.53. The zero-order valence-electron chi connectivity index (χ0n) is 8.31. The number of rotatable bonds is 1. The van der Waals surface area contributed by atoms with Crippen molar-refractivity contribution in [3.63, 3.8) is 0 Å². The summed E-state index contributed by atoms with van der Waals surface area (Å²) >= 11 is 2.30. The van der Waals surface area contributed by atoms with E-state index >= 15 is 0 Å². The van der Waals surface area contributed by atoms with Crippen LogP contribution in [0.25, 0.3) is 22.4 Å². The molecular formula is C12H8IN3. The molecule has 0 saturated carbocycles. The molecule has 0 atom stereocenters. The van der Waals surface area contributed by atoms with Crippen LogP contribution >= 0.6 is 22.6 Å². The number of pyridine rings is 1. The van der Waals surface area contributed by atoms with Gasteiger partial charge in [-0.25, -0.2) is 4.98 Å². The van der Waals surface area contributed by atoms with E-state index in [-0.39, 0.29) is 0 Å². The van der Waals surface area contributed by atoms with Gasteiger partial charge in [0, 0.05) is 15.3 Å². The van der Waals surface area contributed by atoms with Crippen molar-refractivity contribution in [3.05, 3.63) is 46.3 Å². The number of nitrogens with zero attached hydrogens (tertiary/aromatic N) is 2. The number of imidazole rings is 1. The predicted octanol–water partition coefficient (Wildman–Crippen LogP) is 3.23. The van der Waals surface area contributed by atoms with Crippen molar-refractivity contribution < 1.29 is 0 Å². The predicted molar refractivity (Wildman–Crippen MR) is 72.0 cm³/mol. The summed E-state index contributed by atoms with van der Waals surface area (Å²) in [5, 5.41) is 0. The molecule has 0 unspecified atom stereocenters. The van der Waals surface area contributed by atoms with Gasteiger partial charge in [-0.3, -0.25) is 4.98 Å². The number of benzene rings is 1. The molecule has 3 aromatic rings. The second kappa shape index (κ2) is 3.86. The van der Waals surface area contributed by atoms with Crippen LogP contribution in [0.15, 0.2) is 42.7 Å². The van der Waals surface area contributed by atoms with Crippen molar-refractivity contribution in [1.82, 2.24) is 15.0 Å². The van der Waals surface area contributed by atoms with Gasteiger partial charge in [0.2, 0.25) is 0 Å². The Morgan fingerprint density at radius 1 is 1.19 bits per heavy atom. The average molecular weight is 321 g/mol. The third kappa shape index (κ3) is 1.69. The molecule has 4 heteroatoms. The molecule has 0 bridgehead atoms. The maximum absolute atomic E-state index is 4.53. The number of hydrogen-bond donors (Lipinski definition) is 1. The quantitative estimate of drug-likeness (QED) is 0.699. The Bertz CT molecular complexity index is 612. The first-order chi connectivity index (χ1) is 7.83. The highest BCUT2D eigenvalue weighted by Crippen LogP contribution is 2.21. The molecule has 0 saturated heterocycles. The van der Waals surface area contributed by atoms with Crippen molar-refractivity contribution in [3.8, 4) is 11.4 Å². The van der Waals surface area contributed by atoms with Crippen molar-refractivity contribution in [1.29, 1.82) is 0 Å². The third-order valence-corrected chi connectivity index (χ3v) is 3.05. The highest BCUT2D eigenvalue weighted by atomic mass is 127. The highest BCUT2D eigenvalue weighted by Gasteiger charge is 2.04. The van der Waals surface area contributed by atoms with Crippen molar-refractivity contribution >= 4 is 33.6 Å². The Morgan fingerprint density at radius 3 is 2.94 bits per heavy atom. The van der Waals surface area contributed by atoms with E-state index < -0.39 is 0 Å². The van der Waals surface area contributed by atoms with Gasteiger partial charge in [0.15, 0.2) is 0 Å². The lowest BCUT2D eigenvalue weighted by Crippen LogP contribution is -1.80. The zero-order valence-corrected chi connectivity index (χ0v) is 10.5. The molecule has 3 nitrogen and oxygen atoms in total. The maximum Gasteiger partial charge on any atom is 0.138 e. The Hall–Kier alpha value is -1.43. The summed E-state index contributed by atoms with van der Waals surface area (Å²) in [5.41, 5.74) is 3.02. The van der Waals surface area contributed by atoms with Gasteiger partial charge < -0.3 is 4.98 Å². The first-order valence-electron chi connectivity index (χ1n) is 4.88. The van der Waals surface area contributed by atoms with E-state index in [4.69, 9.17) is 0 Å². The lowest BCUT2D eigenvalue weighted by Gasteiger charge is -1.96. The molecule has 0 aliphatic rings. The fraction of sp³-hybridized carbons (Fsp3) is 0. The van der Waals surface area contributed by atoms with Crippen LogP contribution in [0.3, 0.4) is 0 Å². The zero-order chi connectivity index (χ0) is 11.0. The van der Waals surface area contributed by atoms with E-state index in [1.165, 1.54) is 3.57 Å². The summed E-state index contributed by atoms with van der Waals surface area (Å²) in [5.74, 6) is 0.890. The van der Waals surface area contributed by atoms with Gasteiger partial charge >= 0.3 is 0 Å². The summed E-state index contributed by atoms with van der Waals surface area (Å²) in [6, 6.07) is 10.2. The fourth-order valence-corrected chi connectivity index (χ4v) is 2.17. The van der Waals surface area contributed by atoms with Crippen LogP contribution in [0, 0.1) is 3.57 Å². The molecule has 1 aromatic carbocycles. The fourth-order valence-electron chi connectivity index (χ4n) is 1.63. The Morgan fingerprint density at radius 2 is 2.12 bits per heavy atom. The minimum absolute atomic E-state index is 0.890. The standard InChI is InChI=1S/C12H8IN3/c13-9-3-1-2-8(6-9)12-15-10-4-5-14-7-11(10)16-12/h1-7H,(H,15,16). The van der Waals surface area contributed by atoms with E-state index in [9.17, 15) is 0 Å². The van der Waals surface area contributed by atoms with Crippen molar-refractivity contribution in [2.75, 3.05) is 0 Å².